The molecule has 0 aliphatic carbocycles. The second-order valence-electron chi connectivity index (χ2n) is 7.50. The number of benzene rings is 2. The average molecular weight is 391 g/mol. The zero-order chi connectivity index (χ0) is 20.3. The van der Waals surface area contributed by atoms with Crippen molar-refractivity contribution in [1.82, 2.24) is 4.90 Å². The molecule has 0 aromatic heterocycles. The topological polar surface area (TPSA) is 40.5 Å². The number of carboxylic acids is 1. The molecule has 1 saturated heterocycles. The molecule has 150 valence electrons. The van der Waals surface area contributed by atoms with E-state index in [0.717, 1.165) is 29.7 Å². The first-order chi connectivity index (χ1) is 13.3. The molecule has 0 saturated carbocycles. The molecule has 1 unspecified atom stereocenters. The summed E-state index contributed by atoms with van der Waals surface area (Å²) in [7, 11) is 0. The first-order valence-corrected chi connectivity index (χ1v) is 9.43. The smallest absolute Gasteiger partial charge is 0.416 e. The van der Waals surface area contributed by atoms with E-state index in [1.807, 2.05) is 30.3 Å². The molecule has 6 heteroatoms. The van der Waals surface area contributed by atoms with Crippen molar-refractivity contribution in [2.24, 2.45) is 11.8 Å². The molecule has 0 spiro atoms. The summed E-state index contributed by atoms with van der Waals surface area (Å²) in [6.45, 7) is 3.10. The average Bonchev–Trinajstić information content (AvgIpc) is 2.68. The minimum Gasteiger partial charge on any atom is -0.481 e. The standard InChI is InChI=1S/C22H24F3NO2/c1-15(21(27)28)18-11-12-26(14-16-5-3-2-4-6-16)20(13-18)17-7-9-19(10-8-17)22(23,24)25/h2-10,15,18,20H,11-14H2,1H3,(H,27,28)/t15?,18-,20+/m0/s1. The molecule has 1 N–H and O–H groups in total. The van der Waals surface area contributed by atoms with E-state index >= 15 is 0 Å². The van der Waals surface area contributed by atoms with Crippen LogP contribution in [0.5, 0.6) is 0 Å². The Labute approximate surface area is 162 Å². The van der Waals surface area contributed by atoms with E-state index in [-0.39, 0.29) is 12.0 Å². The maximum Gasteiger partial charge on any atom is 0.416 e. The number of hydrogen-bond acceptors (Lipinski definition) is 2. The van der Waals surface area contributed by atoms with Gasteiger partial charge in [-0.1, -0.05) is 49.4 Å². The Morgan fingerprint density at radius 3 is 2.36 bits per heavy atom. The number of rotatable bonds is 5. The largest absolute Gasteiger partial charge is 0.481 e. The summed E-state index contributed by atoms with van der Waals surface area (Å²) in [6, 6.07) is 15.1. The van der Waals surface area contributed by atoms with Gasteiger partial charge in [0, 0.05) is 12.6 Å². The third-order valence-corrected chi connectivity index (χ3v) is 5.70. The lowest BCUT2D eigenvalue weighted by Gasteiger charge is -2.41. The van der Waals surface area contributed by atoms with Gasteiger partial charge in [0.2, 0.25) is 0 Å². The summed E-state index contributed by atoms with van der Waals surface area (Å²) in [5, 5.41) is 9.38. The first-order valence-electron chi connectivity index (χ1n) is 9.43. The predicted molar refractivity (Wildman–Crippen MR) is 101 cm³/mol. The molecule has 2 aromatic rings. The highest BCUT2D eigenvalue weighted by Crippen LogP contribution is 2.39. The SMILES string of the molecule is CC(C(=O)O)[C@H]1CCN(Cc2ccccc2)[C@@H](c2ccc(C(F)(F)F)cc2)C1. The molecule has 1 heterocycles. The van der Waals surface area contributed by atoms with Crippen LogP contribution in [0.1, 0.15) is 42.5 Å². The summed E-state index contributed by atoms with van der Waals surface area (Å²) >= 11 is 0. The summed E-state index contributed by atoms with van der Waals surface area (Å²) < 4.78 is 38.7. The fraction of sp³-hybridized carbons (Fsp3) is 0.409. The van der Waals surface area contributed by atoms with E-state index < -0.39 is 23.6 Å². The Morgan fingerprint density at radius 2 is 1.79 bits per heavy atom. The molecule has 3 atom stereocenters. The molecule has 3 rings (SSSR count). The summed E-state index contributed by atoms with van der Waals surface area (Å²) in [5.74, 6) is -1.31. The summed E-state index contributed by atoms with van der Waals surface area (Å²) in [4.78, 5) is 13.7. The number of carboxylic acid groups (broad SMARTS) is 1. The van der Waals surface area contributed by atoms with E-state index in [1.165, 1.54) is 12.1 Å². The van der Waals surface area contributed by atoms with Crippen LogP contribution in [0.15, 0.2) is 54.6 Å². The van der Waals surface area contributed by atoms with E-state index in [0.29, 0.717) is 19.5 Å². The zero-order valence-electron chi connectivity index (χ0n) is 15.7. The molecule has 3 nitrogen and oxygen atoms in total. The highest BCUT2D eigenvalue weighted by atomic mass is 19.4. The van der Waals surface area contributed by atoms with Crippen LogP contribution in [0.25, 0.3) is 0 Å². The molecule has 1 aliphatic rings. The quantitative estimate of drug-likeness (QED) is 0.744. The zero-order valence-corrected chi connectivity index (χ0v) is 15.7. The number of carbonyl (C=O) groups is 1. The van der Waals surface area contributed by atoms with Gasteiger partial charge in [-0.05, 0) is 48.6 Å². The van der Waals surface area contributed by atoms with Crippen molar-refractivity contribution < 1.29 is 23.1 Å². The molecule has 1 aliphatic heterocycles. The normalized spacial score (nSPS) is 22.0. The van der Waals surface area contributed by atoms with Gasteiger partial charge in [0.15, 0.2) is 0 Å². The number of hydrogen-bond donors (Lipinski definition) is 1. The van der Waals surface area contributed by atoms with E-state index in [1.54, 1.807) is 6.92 Å². The lowest BCUT2D eigenvalue weighted by atomic mass is 9.79. The molecular weight excluding hydrogens is 367 g/mol. The van der Waals surface area contributed by atoms with Crippen LogP contribution >= 0.6 is 0 Å². The number of nitrogens with zero attached hydrogens (tertiary/aromatic N) is 1. The van der Waals surface area contributed by atoms with Crippen LogP contribution in [0, 0.1) is 11.8 Å². The Kier molecular flexibility index (Phi) is 6.08. The fourth-order valence-electron chi connectivity index (χ4n) is 3.95. The van der Waals surface area contributed by atoms with Crippen LogP contribution in [0.2, 0.25) is 0 Å². The minimum atomic E-state index is -4.37. The second kappa shape index (κ2) is 8.35. The predicted octanol–water partition coefficient (Wildman–Crippen LogP) is 5.38. The summed E-state index contributed by atoms with van der Waals surface area (Å²) in [5.41, 5.74) is 1.26. The maximum absolute atomic E-state index is 12.9. The van der Waals surface area contributed by atoms with Crippen LogP contribution in [-0.4, -0.2) is 22.5 Å². The van der Waals surface area contributed by atoms with Gasteiger partial charge in [-0.3, -0.25) is 9.69 Å². The van der Waals surface area contributed by atoms with Gasteiger partial charge in [-0.25, -0.2) is 0 Å². The maximum atomic E-state index is 12.9. The molecule has 0 bridgehead atoms. The van der Waals surface area contributed by atoms with Crippen molar-refractivity contribution in [2.45, 2.75) is 38.5 Å². The molecular formula is C22H24F3NO2. The van der Waals surface area contributed by atoms with Crippen molar-refractivity contribution in [3.8, 4) is 0 Å². The van der Waals surface area contributed by atoms with Gasteiger partial charge in [0.25, 0.3) is 0 Å². The van der Waals surface area contributed by atoms with Gasteiger partial charge in [0.05, 0.1) is 11.5 Å². The fourth-order valence-corrected chi connectivity index (χ4v) is 3.95. The Morgan fingerprint density at radius 1 is 1.14 bits per heavy atom. The van der Waals surface area contributed by atoms with Crippen molar-refractivity contribution in [2.75, 3.05) is 6.54 Å². The first kappa shape index (κ1) is 20.4. The van der Waals surface area contributed by atoms with Gasteiger partial charge in [0.1, 0.15) is 0 Å². The molecule has 1 fully saturated rings. The highest BCUT2D eigenvalue weighted by Gasteiger charge is 2.35. The molecule has 0 amide bonds. The Bertz CT molecular complexity index is 790. The monoisotopic (exact) mass is 391 g/mol. The van der Waals surface area contributed by atoms with Gasteiger partial charge >= 0.3 is 12.1 Å². The number of halogens is 3. The van der Waals surface area contributed by atoms with E-state index in [2.05, 4.69) is 4.90 Å². The van der Waals surface area contributed by atoms with Gasteiger partial charge < -0.3 is 5.11 Å². The lowest BCUT2D eigenvalue weighted by Crippen LogP contribution is -2.39. The minimum absolute atomic E-state index is 0.00295. The van der Waals surface area contributed by atoms with Gasteiger partial charge in [-0.15, -0.1) is 0 Å². The van der Waals surface area contributed by atoms with Crippen LogP contribution in [0.3, 0.4) is 0 Å². The Hall–Kier alpha value is -2.34. The molecule has 28 heavy (non-hydrogen) atoms. The van der Waals surface area contributed by atoms with Crippen molar-refractivity contribution in [3.05, 3.63) is 71.3 Å². The summed E-state index contributed by atoms with van der Waals surface area (Å²) in [6.07, 6.45) is -2.99. The van der Waals surface area contributed by atoms with E-state index in [9.17, 15) is 23.1 Å². The third-order valence-electron chi connectivity index (χ3n) is 5.70. The third kappa shape index (κ3) is 4.73. The number of piperidine rings is 1. The van der Waals surface area contributed by atoms with Crippen LogP contribution in [0.4, 0.5) is 13.2 Å². The van der Waals surface area contributed by atoms with Crippen molar-refractivity contribution in [1.29, 1.82) is 0 Å². The number of aliphatic carboxylic acids is 1. The van der Waals surface area contributed by atoms with Crippen LogP contribution in [-0.2, 0) is 17.5 Å². The number of alkyl halides is 3. The Balaban J connectivity index is 1.86. The highest BCUT2D eigenvalue weighted by molar-refractivity contribution is 5.69. The lowest BCUT2D eigenvalue weighted by molar-refractivity contribution is -0.144. The molecule has 2 aromatic carbocycles. The second-order valence-corrected chi connectivity index (χ2v) is 7.50. The van der Waals surface area contributed by atoms with Crippen molar-refractivity contribution in [3.63, 3.8) is 0 Å². The van der Waals surface area contributed by atoms with Crippen molar-refractivity contribution >= 4 is 5.97 Å². The van der Waals surface area contributed by atoms with Crippen LogP contribution < -0.4 is 0 Å². The number of likely N-dealkylation sites (tertiary alicyclic amines) is 1. The van der Waals surface area contributed by atoms with E-state index in [4.69, 9.17) is 0 Å². The van der Waals surface area contributed by atoms with Gasteiger partial charge in [-0.2, -0.15) is 13.2 Å². The molecule has 0 radical (unpaired) electrons.